The molecule has 4 heterocycles. The molecule has 6 heteroatoms. The molecule has 2 atom stereocenters. The lowest BCUT2D eigenvalue weighted by molar-refractivity contribution is 0.298. The maximum Gasteiger partial charge on any atom is 0.142 e. The summed E-state index contributed by atoms with van der Waals surface area (Å²) in [6, 6.07) is 6.85. The lowest BCUT2D eigenvalue weighted by atomic mass is 10.0. The maximum absolute atomic E-state index is 4.57. The van der Waals surface area contributed by atoms with Gasteiger partial charge in [0.1, 0.15) is 17.8 Å². The minimum atomic E-state index is 0.568. The number of aromatic nitrogens is 4. The summed E-state index contributed by atoms with van der Waals surface area (Å²) in [5.74, 6) is 2.64. The first kappa shape index (κ1) is 15.8. The van der Waals surface area contributed by atoms with Gasteiger partial charge in [-0.05, 0) is 42.4 Å². The molecule has 1 saturated heterocycles. The van der Waals surface area contributed by atoms with Crippen LogP contribution in [0.15, 0.2) is 43.1 Å². The molecule has 1 N–H and O–H groups in total. The highest BCUT2D eigenvalue weighted by Crippen LogP contribution is 2.41. The monoisotopic (exact) mass is 348 g/mol. The standard InChI is InChI=1S/C20H24N6/c1-25(20-18-4-6-22-19(18)23-13-24-20)17-7-15-11-26(12-16(15)8-17)10-14-3-2-5-21-9-14/h2-6,9,13,15-17H,7-8,10-12H2,1H3,(H,22,23,24). The van der Waals surface area contributed by atoms with Crippen LogP contribution in [0.2, 0.25) is 0 Å². The van der Waals surface area contributed by atoms with Crippen LogP contribution in [0.4, 0.5) is 5.82 Å². The lowest BCUT2D eigenvalue weighted by Gasteiger charge is -2.28. The van der Waals surface area contributed by atoms with Crippen LogP contribution in [0.3, 0.4) is 0 Å². The van der Waals surface area contributed by atoms with Gasteiger partial charge in [-0.1, -0.05) is 6.07 Å². The number of nitrogens with zero attached hydrogens (tertiary/aromatic N) is 5. The molecule has 0 amide bonds. The number of anilines is 1. The summed E-state index contributed by atoms with van der Waals surface area (Å²) in [6.45, 7) is 3.43. The number of hydrogen-bond acceptors (Lipinski definition) is 5. The highest BCUT2D eigenvalue weighted by Gasteiger charge is 2.42. The molecule has 2 fully saturated rings. The predicted octanol–water partition coefficient (Wildman–Crippen LogP) is 2.70. The highest BCUT2D eigenvalue weighted by atomic mass is 15.2. The SMILES string of the molecule is CN(c1ncnc2[nH]ccc12)C1CC2CN(Cc3cccnc3)CC2C1. The normalized spacial score (nSPS) is 25.7. The van der Waals surface area contributed by atoms with Gasteiger partial charge in [-0.15, -0.1) is 0 Å². The fourth-order valence-electron chi connectivity index (χ4n) is 4.87. The predicted molar refractivity (Wildman–Crippen MR) is 102 cm³/mol. The summed E-state index contributed by atoms with van der Waals surface area (Å²) in [6.07, 6.45) is 9.94. The summed E-state index contributed by atoms with van der Waals surface area (Å²) in [5, 5.41) is 1.12. The highest BCUT2D eigenvalue weighted by molar-refractivity contribution is 5.87. The molecule has 0 aromatic carbocycles. The van der Waals surface area contributed by atoms with E-state index in [1.54, 1.807) is 6.33 Å². The van der Waals surface area contributed by atoms with Gasteiger partial charge in [0.15, 0.2) is 0 Å². The minimum absolute atomic E-state index is 0.568. The van der Waals surface area contributed by atoms with E-state index in [1.165, 1.54) is 31.5 Å². The second-order valence-corrected chi connectivity index (χ2v) is 7.75. The molecule has 1 aliphatic heterocycles. The fourth-order valence-corrected chi connectivity index (χ4v) is 4.87. The Bertz CT molecular complexity index is 877. The third-order valence-corrected chi connectivity index (χ3v) is 6.15. The van der Waals surface area contributed by atoms with Crippen LogP contribution in [0.1, 0.15) is 18.4 Å². The number of pyridine rings is 1. The quantitative estimate of drug-likeness (QED) is 0.785. The Balaban J connectivity index is 1.26. The molecule has 134 valence electrons. The van der Waals surface area contributed by atoms with Gasteiger partial charge in [-0.2, -0.15) is 0 Å². The van der Waals surface area contributed by atoms with E-state index in [0.29, 0.717) is 6.04 Å². The number of rotatable bonds is 4. The number of nitrogens with one attached hydrogen (secondary N) is 1. The van der Waals surface area contributed by atoms with Crippen molar-refractivity contribution in [2.24, 2.45) is 11.8 Å². The van der Waals surface area contributed by atoms with Gasteiger partial charge < -0.3 is 9.88 Å². The van der Waals surface area contributed by atoms with Crippen molar-refractivity contribution < 1.29 is 0 Å². The first-order chi connectivity index (χ1) is 12.8. The Morgan fingerprint density at radius 2 is 2.04 bits per heavy atom. The zero-order valence-electron chi connectivity index (χ0n) is 15.0. The zero-order chi connectivity index (χ0) is 17.5. The average Bonchev–Trinajstić information content (AvgIpc) is 3.35. The Morgan fingerprint density at radius 3 is 2.81 bits per heavy atom. The van der Waals surface area contributed by atoms with Crippen molar-refractivity contribution >= 4 is 16.9 Å². The molecule has 1 saturated carbocycles. The zero-order valence-corrected chi connectivity index (χ0v) is 15.0. The van der Waals surface area contributed by atoms with Crippen molar-refractivity contribution in [2.75, 3.05) is 25.0 Å². The Labute approximate surface area is 153 Å². The van der Waals surface area contributed by atoms with Crippen LogP contribution < -0.4 is 4.90 Å². The lowest BCUT2D eigenvalue weighted by Crippen LogP contribution is -2.32. The van der Waals surface area contributed by atoms with E-state index in [2.05, 4.69) is 48.9 Å². The van der Waals surface area contributed by atoms with Gasteiger partial charge in [-0.3, -0.25) is 9.88 Å². The van der Waals surface area contributed by atoms with Crippen molar-refractivity contribution in [1.29, 1.82) is 0 Å². The molecule has 1 aliphatic carbocycles. The third kappa shape index (κ3) is 2.74. The molecule has 3 aromatic rings. The van der Waals surface area contributed by atoms with Crippen LogP contribution in [-0.2, 0) is 6.54 Å². The van der Waals surface area contributed by atoms with E-state index in [-0.39, 0.29) is 0 Å². The van der Waals surface area contributed by atoms with Crippen molar-refractivity contribution in [2.45, 2.75) is 25.4 Å². The van der Waals surface area contributed by atoms with E-state index in [9.17, 15) is 0 Å². The molecule has 2 unspecified atom stereocenters. The van der Waals surface area contributed by atoms with Gasteiger partial charge in [0.05, 0.1) is 5.39 Å². The molecule has 0 radical (unpaired) electrons. The molecule has 2 aliphatic rings. The number of likely N-dealkylation sites (tertiary alicyclic amines) is 1. The molecular formula is C20H24N6. The largest absolute Gasteiger partial charge is 0.356 e. The van der Waals surface area contributed by atoms with Crippen LogP contribution >= 0.6 is 0 Å². The van der Waals surface area contributed by atoms with Gasteiger partial charge >= 0.3 is 0 Å². The number of H-pyrrole nitrogens is 1. The number of hydrogen-bond donors (Lipinski definition) is 1. The molecular weight excluding hydrogens is 324 g/mol. The maximum atomic E-state index is 4.57. The van der Waals surface area contributed by atoms with Gasteiger partial charge in [0.25, 0.3) is 0 Å². The van der Waals surface area contributed by atoms with Gasteiger partial charge in [0.2, 0.25) is 0 Å². The summed E-state index contributed by atoms with van der Waals surface area (Å²) in [5.41, 5.74) is 2.24. The Hall–Kier alpha value is -2.47. The van der Waals surface area contributed by atoms with Gasteiger partial charge in [-0.25, -0.2) is 9.97 Å². The topological polar surface area (TPSA) is 60.9 Å². The van der Waals surface area contributed by atoms with E-state index in [1.807, 2.05) is 24.7 Å². The van der Waals surface area contributed by atoms with Crippen molar-refractivity contribution in [3.8, 4) is 0 Å². The fraction of sp³-hybridized carbons (Fsp3) is 0.450. The summed E-state index contributed by atoms with van der Waals surface area (Å²) >= 11 is 0. The van der Waals surface area contributed by atoms with E-state index in [0.717, 1.165) is 35.2 Å². The molecule has 3 aromatic heterocycles. The molecule has 0 spiro atoms. The summed E-state index contributed by atoms with van der Waals surface area (Å²) in [7, 11) is 2.19. The van der Waals surface area contributed by atoms with E-state index in [4.69, 9.17) is 0 Å². The smallest absolute Gasteiger partial charge is 0.142 e. The first-order valence-corrected chi connectivity index (χ1v) is 9.40. The first-order valence-electron chi connectivity index (χ1n) is 9.40. The molecule has 0 bridgehead atoms. The second kappa shape index (κ2) is 6.36. The second-order valence-electron chi connectivity index (χ2n) is 7.75. The Kier molecular flexibility index (Phi) is 3.85. The van der Waals surface area contributed by atoms with Crippen LogP contribution in [0.5, 0.6) is 0 Å². The van der Waals surface area contributed by atoms with Crippen molar-refractivity contribution in [3.63, 3.8) is 0 Å². The third-order valence-electron chi connectivity index (χ3n) is 6.15. The van der Waals surface area contributed by atoms with Crippen LogP contribution in [0.25, 0.3) is 11.0 Å². The van der Waals surface area contributed by atoms with Crippen molar-refractivity contribution in [3.05, 3.63) is 48.7 Å². The minimum Gasteiger partial charge on any atom is -0.356 e. The average molecular weight is 348 g/mol. The summed E-state index contributed by atoms with van der Waals surface area (Å²) < 4.78 is 0. The Morgan fingerprint density at radius 1 is 1.19 bits per heavy atom. The van der Waals surface area contributed by atoms with Gasteiger partial charge in [0, 0.05) is 51.3 Å². The van der Waals surface area contributed by atoms with Crippen LogP contribution in [-0.4, -0.2) is 51.0 Å². The van der Waals surface area contributed by atoms with E-state index >= 15 is 0 Å². The molecule has 5 rings (SSSR count). The summed E-state index contributed by atoms with van der Waals surface area (Å²) in [4.78, 5) is 21.3. The van der Waals surface area contributed by atoms with E-state index < -0.39 is 0 Å². The number of fused-ring (bicyclic) bond motifs is 2. The van der Waals surface area contributed by atoms with Crippen LogP contribution in [0, 0.1) is 11.8 Å². The molecule has 6 nitrogen and oxygen atoms in total. The number of aromatic amines is 1. The molecule has 26 heavy (non-hydrogen) atoms. The van der Waals surface area contributed by atoms with Crippen molar-refractivity contribution in [1.82, 2.24) is 24.8 Å².